The highest BCUT2D eigenvalue weighted by atomic mass is 31.2. The lowest BCUT2D eigenvalue weighted by molar-refractivity contribution is 0.0371. The minimum atomic E-state index is -2.46. The Morgan fingerprint density at radius 1 is 1.13 bits per heavy atom. The summed E-state index contributed by atoms with van der Waals surface area (Å²) in [5, 5.41) is 8.42. The Bertz CT molecular complexity index is 185. The molecule has 0 aliphatic carbocycles. The van der Waals surface area contributed by atoms with Crippen LogP contribution < -0.4 is 0 Å². The normalized spacial score (nSPS) is 15.1. The average Bonchev–Trinajstić information content (AvgIpc) is 2.16. The molecule has 1 unspecified atom stereocenters. The number of rotatable bonds is 10. The van der Waals surface area contributed by atoms with Crippen LogP contribution in [0.4, 0.5) is 0 Å². The van der Waals surface area contributed by atoms with Crippen molar-refractivity contribution in [3.05, 3.63) is 0 Å². The number of aliphatic hydroxyl groups is 1. The molecular weight excluding hydrogens is 219 g/mol. The van der Waals surface area contributed by atoms with E-state index in [-0.39, 0.29) is 6.61 Å². The second-order valence-electron chi connectivity index (χ2n) is 3.10. The van der Waals surface area contributed by atoms with Crippen molar-refractivity contribution >= 4 is 7.37 Å². The molecule has 92 valence electrons. The van der Waals surface area contributed by atoms with Crippen LogP contribution in [0, 0.1) is 0 Å². The van der Waals surface area contributed by atoms with E-state index >= 15 is 0 Å². The van der Waals surface area contributed by atoms with Crippen LogP contribution in [0.5, 0.6) is 0 Å². The molecule has 0 heterocycles. The second-order valence-corrected chi connectivity index (χ2v) is 5.84. The van der Waals surface area contributed by atoms with Gasteiger partial charge in [-0.05, 0) is 6.92 Å². The van der Waals surface area contributed by atoms with Crippen molar-refractivity contribution in [3.63, 3.8) is 0 Å². The summed E-state index contributed by atoms with van der Waals surface area (Å²) in [6.07, 6.45) is 0.431. The van der Waals surface area contributed by atoms with Crippen LogP contribution in [0.15, 0.2) is 0 Å². The molecule has 0 spiro atoms. The standard InChI is InChI=1S/C9H21O5P/c1-3-14-15(2,11)9-8-13-7-6-12-5-4-10/h10H,3-9H2,1-2H3. The van der Waals surface area contributed by atoms with E-state index < -0.39 is 7.37 Å². The molecule has 15 heavy (non-hydrogen) atoms. The molecule has 6 heteroatoms. The van der Waals surface area contributed by atoms with Gasteiger partial charge in [0.1, 0.15) is 0 Å². The van der Waals surface area contributed by atoms with Crippen molar-refractivity contribution in [2.75, 3.05) is 52.5 Å². The van der Waals surface area contributed by atoms with Crippen LogP contribution in [0.25, 0.3) is 0 Å². The van der Waals surface area contributed by atoms with Crippen LogP contribution in [-0.4, -0.2) is 57.6 Å². The van der Waals surface area contributed by atoms with Gasteiger partial charge in [0.2, 0.25) is 7.37 Å². The fourth-order valence-electron chi connectivity index (χ4n) is 0.955. The van der Waals surface area contributed by atoms with Gasteiger partial charge in [-0.25, -0.2) is 0 Å². The maximum Gasteiger partial charge on any atom is 0.202 e. The van der Waals surface area contributed by atoms with E-state index in [0.29, 0.717) is 39.2 Å². The minimum absolute atomic E-state index is 0.0223. The van der Waals surface area contributed by atoms with Gasteiger partial charge < -0.3 is 19.1 Å². The fourth-order valence-corrected chi connectivity index (χ4v) is 2.09. The van der Waals surface area contributed by atoms with Gasteiger partial charge in [0.15, 0.2) is 0 Å². The number of aliphatic hydroxyl groups excluding tert-OH is 1. The molecule has 0 aromatic carbocycles. The molecule has 0 aromatic rings. The zero-order valence-corrected chi connectivity index (χ0v) is 10.4. The third kappa shape index (κ3) is 10.4. The summed E-state index contributed by atoms with van der Waals surface area (Å²) in [5.41, 5.74) is 0. The predicted molar refractivity (Wildman–Crippen MR) is 58.7 cm³/mol. The van der Waals surface area contributed by atoms with Gasteiger partial charge in [-0.3, -0.25) is 4.57 Å². The molecule has 0 aromatic heterocycles. The Labute approximate surface area is 91.2 Å². The van der Waals surface area contributed by atoms with Gasteiger partial charge in [-0.15, -0.1) is 0 Å². The SMILES string of the molecule is CCOP(C)(=O)CCOCCOCCO. The molecule has 0 bridgehead atoms. The van der Waals surface area contributed by atoms with Crippen molar-refractivity contribution in [1.29, 1.82) is 0 Å². The molecule has 1 atom stereocenters. The second kappa shape index (κ2) is 9.31. The van der Waals surface area contributed by atoms with Gasteiger partial charge in [0.25, 0.3) is 0 Å². The molecule has 0 aliphatic rings. The molecule has 1 N–H and O–H groups in total. The van der Waals surface area contributed by atoms with E-state index in [2.05, 4.69) is 0 Å². The smallest absolute Gasteiger partial charge is 0.202 e. The zero-order chi connectivity index (χ0) is 11.6. The highest BCUT2D eigenvalue weighted by Gasteiger charge is 2.13. The largest absolute Gasteiger partial charge is 0.394 e. The first kappa shape index (κ1) is 15.1. The molecule has 0 aliphatic heterocycles. The number of ether oxygens (including phenoxy) is 2. The summed E-state index contributed by atoms with van der Waals surface area (Å²) in [5.74, 6) is 0. The lowest BCUT2D eigenvalue weighted by Crippen LogP contribution is -2.10. The summed E-state index contributed by atoms with van der Waals surface area (Å²) in [7, 11) is -2.46. The minimum Gasteiger partial charge on any atom is -0.394 e. The first-order chi connectivity index (χ1) is 7.12. The van der Waals surface area contributed by atoms with Gasteiger partial charge in [0, 0.05) is 12.8 Å². The van der Waals surface area contributed by atoms with E-state index in [1.165, 1.54) is 0 Å². The molecule has 0 fully saturated rings. The van der Waals surface area contributed by atoms with Crippen LogP contribution in [0.3, 0.4) is 0 Å². The average molecular weight is 240 g/mol. The summed E-state index contributed by atoms with van der Waals surface area (Å²) < 4.78 is 26.9. The Hall–Kier alpha value is 0.0700. The zero-order valence-electron chi connectivity index (χ0n) is 9.48. The molecule has 0 radical (unpaired) electrons. The maximum atomic E-state index is 11.6. The number of hydrogen-bond donors (Lipinski definition) is 1. The molecule has 0 saturated carbocycles. The van der Waals surface area contributed by atoms with E-state index in [9.17, 15) is 4.57 Å². The predicted octanol–water partition coefficient (Wildman–Crippen LogP) is 0.956. The van der Waals surface area contributed by atoms with Gasteiger partial charge in [0.05, 0.1) is 39.6 Å². The Kier molecular flexibility index (Phi) is 9.35. The third-order valence-electron chi connectivity index (χ3n) is 1.65. The van der Waals surface area contributed by atoms with E-state index in [0.717, 1.165) is 0 Å². The van der Waals surface area contributed by atoms with Crippen LogP contribution in [0.2, 0.25) is 0 Å². The van der Waals surface area contributed by atoms with Crippen LogP contribution in [-0.2, 0) is 18.6 Å². The fraction of sp³-hybridized carbons (Fsp3) is 1.00. The molecular formula is C9H21O5P. The monoisotopic (exact) mass is 240 g/mol. The Balaban J connectivity index is 3.26. The Morgan fingerprint density at radius 2 is 1.73 bits per heavy atom. The first-order valence-electron chi connectivity index (χ1n) is 5.10. The lowest BCUT2D eigenvalue weighted by atomic mass is 10.7. The first-order valence-corrected chi connectivity index (χ1v) is 7.35. The van der Waals surface area contributed by atoms with E-state index in [1.807, 2.05) is 6.92 Å². The molecule has 0 rings (SSSR count). The van der Waals surface area contributed by atoms with Crippen LogP contribution in [0.1, 0.15) is 6.92 Å². The Morgan fingerprint density at radius 3 is 2.27 bits per heavy atom. The summed E-state index contributed by atoms with van der Waals surface area (Å²) in [4.78, 5) is 0. The number of hydrogen-bond acceptors (Lipinski definition) is 5. The topological polar surface area (TPSA) is 65.0 Å². The van der Waals surface area contributed by atoms with E-state index in [1.54, 1.807) is 6.66 Å². The van der Waals surface area contributed by atoms with Crippen molar-refractivity contribution in [1.82, 2.24) is 0 Å². The molecule has 0 amide bonds. The third-order valence-corrected chi connectivity index (χ3v) is 3.45. The van der Waals surface area contributed by atoms with Crippen molar-refractivity contribution in [2.24, 2.45) is 0 Å². The van der Waals surface area contributed by atoms with Gasteiger partial charge in [-0.2, -0.15) is 0 Å². The highest BCUT2D eigenvalue weighted by molar-refractivity contribution is 7.58. The van der Waals surface area contributed by atoms with Gasteiger partial charge >= 0.3 is 0 Å². The van der Waals surface area contributed by atoms with Crippen molar-refractivity contribution in [3.8, 4) is 0 Å². The van der Waals surface area contributed by atoms with Crippen LogP contribution >= 0.6 is 7.37 Å². The molecule has 0 saturated heterocycles. The van der Waals surface area contributed by atoms with Crippen molar-refractivity contribution < 1.29 is 23.7 Å². The van der Waals surface area contributed by atoms with Gasteiger partial charge in [-0.1, -0.05) is 0 Å². The van der Waals surface area contributed by atoms with E-state index in [4.69, 9.17) is 19.1 Å². The quantitative estimate of drug-likeness (QED) is 0.455. The van der Waals surface area contributed by atoms with Crippen molar-refractivity contribution in [2.45, 2.75) is 6.92 Å². The molecule has 5 nitrogen and oxygen atoms in total. The summed E-state index contributed by atoms with van der Waals surface area (Å²) in [6.45, 7) is 5.56. The highest BCUT2D eigenvalue weighted by Crippen LogP contribution is 2.41. The lowest BCUT2D eigenvalue weighted by Gasteiger charge is -2.12. The summed E-state index contributed by atoms with van der Waals surface area (Å²) >= 11 is 0. The summed E-state index contributed by atoms with van der Waals surface area (Å²) in [6, 6.07) is 0. The maximum absolute atomic E-state index is 11.6.